The molecule has 0 aromatic carbocycles. The SMILES string of the molecule is NC(=O)CCCCNC(=O)C1CCCN1C1CCNCC1. The zero-order chi connectivity index (χ0) is 15.1. The highest BCUT2D eigenvalue weighted by Crippen LogP contribution is 2.24. The fourth-order valence-corrected chi connectivity index (χ4v) is 3.40. The van der Waals surface area contributed by atoms with Crippen LogP contribution in [0.15, 0.2) is 0 Å². The van der Waals surface area contributed by atoms with Crippen LogP contribution in [0.5, 0.6) is 0 Å². The Balaban J connectivity index is 1.71. The zero-order valence-corrected chi connectivity index (χ0v) is 12.8. The third kappa shape index (κ3) is 4.97. The van der Waals surface area contributed by atoms with Crippen molar-refractivity contribution >= 4 is 11.8 Å². The van der Waals surface area contributed by atoms with Gasteiger partial charge in [-0.3, -0.25) is 14.5 Å². The fourth-order valence-electron chi connectivity index (χ4n) is 3.40. The molecule has 2 heterocycles. The van der Waals surface area contributed by atoms with Gasteiger partial charge in [0.15, 0.2) is 0 Å². The molecular weight excluding hydrogens is 268 g/mol. The summed E-state index contributed by atoms with van der Waals surface area (Å²) in [5.41, 5.74) is 5.10. The molecule has 21 heavy (non-hydrogen) atoms. The number of carbonyl (C=O) groups excluding carboxylic acids is 2. The number of likely N-dealkylation sites (tertiary alicyclic amines) is 1. The number of amides is 2. The molecule has 0 aliphatic carbocycles. The Bertz CT molecular complexity index is 356. The van der Waals surface area contributed by atoms with Crippen molar-refractivity contribution in [3.63, 3.8) is 0 Å². The monoisotopic (exact) mass is 296 g/mol. The average Bonchev–Trinajstić information content (AvgIpc) is 2.97. The first-order valence-corrected chi connectivity index (χ1v) is 8.21. The van der Waals surface area contributed by atoms with Gasteiger partial charge in [-0.15, -0.1) is 0 Å². The van der Waals surface area contributed by atoms with E-state index in [-0.39, 0.29) is 17.9 Å². The molecule has 2 saturated heterocycles. The molecule has 0 radical (unpaired) electrons. The number of hydrogen-bond acceptors (Lipinski definition) is 4. The molecule has 0 spiro atoms. The minimum absolute atomic E-state index is 0.0456. The van der Waals surface area contributed by atoms with Crippen LogP contribution in [0.25, 0.3) is 0 Å². The van der Waals surface area contributed by atoms with Crippen LogP contribution in [0.2, 0.25) is 0 Å². The molecule has 2 fully saturated rings. The van der Waals surface area contributed by atoms with Gasteiger partial charge in [-0.1, -0.05) is 0 Å². The number of primary amides is 1. The summed E-state index contributed by atoms with van der Waals surface area (Å²) in [5.74, 6) is -0.112. The summed E-state index contributed by atoms with van der Waals surface area (Å²) in [7, 11) is 0. The van der Waals surface area contributed by atoms with Crippen molar-refractivity contribution in [2.24, 2.45) is 5.73 Å². The molecule has 2 amide bonds. The number of nitrogens with one attached hydrogen (secondary N) is 2. The number of piperidine rings is 1. The van der Waals surface area contributed by atoms with Crippen molar-refractivity contribution in [2.75, 3.05) is 26.2 Å². The fraction of sp³-hybridized carbons (Fsp3) is 0.867. The lowest BCUT2D eigenvalue weighted by Gasteiger charge is -2.35. The van der Waals surface area contributed by atoms with E-state index in [1.807, 2.05) is 0 Å². The number of nitrogens with zero attached hydrogens (tertiary/aromatic N) is 1. The number of rotatable bonds is 7. The summed E-state index contributed by atoms with van der Waals surface area (Å²) in [6.45, 7) is 3.80. The van der Waals surface area contributed by atoms with Crippen molar-refractivity contribution in [3.8, 4) is 0 Å². The molecule has 4 N–H and O–H groups in total. The largest absolute Gasteiger partial charge is 0.370 e. The van der Waals surface area contributed by atoms with Crippen LogP contribution in [-0.2, 0) is 9.59 Å². The van der Waals surface area contributed by atoms with Crippen LogP contribution in [0.3, 0.4) is 0 Å². The van der Waals surface area contributed by atoms with Crippen LogP contribution in [0, 0.1) is 0 Å². The Hall–Kier alpha value is -1.14. The summed E-state index contributed by atoms with van der Waals surface area (Å²) in [5, 5.41) is 6.39. The maximum atomic E-state index is 12.3. The second-order valence-electron chi connectivity index (χ2n) is 6.09. The van der Waals surface area contributed by atoms with E-state index in [1.54, 1.807) is 0 Å². The Morgan fingerprint density at radius 1 is 1.19 bits per heavy atom. The van der Waals surface area contributed by atoms with E-state index in [1.165, 1.54) is 0 Å². The highest BCUT2D eigenvalue weighted by Gasteiger charge is 2.35. The lowest BCUT2D eigenvalue weighted by Crippen LogP contribution is -2.50. The number of hydrogen-bond donors (Lipinski definition) is 3. The van der Waals surface area contributed by atoms with E-state index in [0.29, 0.717) is 19.0 Å². The van der Waals surface area contributed by atoms with Gasteiger partial charge in [0.05, 0.1) is 6.04 Å². The summed E-state index contributed by atoms with van der Waals surface area (Å²) in [6.07, 6.45) is 6.33. The first kappa shape index (κ1) is 16.2. The molecule has 1 atom stereocenters. The third-order valence-electron chi connectivity index (χ3n) is 4.52. The summed E-state index contributed by atoms with van der Waals surface area (Å²) < 4.78 is 0. The highest BCUT2D eigenvalue weighted by molar-refractivity contribution is 5.82. The summed E-state index contributed by atoms with van der Waals surface area (Å²) in [6, 6.07) is 0.601. The minimum Gasteiger partial charge on any atom is -0.370 e. The molecule has 120 valence electrons. The van der Waals surface area contributed by atoms with Crippen molar-refractivity contribution in [2.45, 2.75) is 57.0 Å². The van der Waals surface area contributed by atoms with Gasteiger partial charge in [0.25, 0.3) is 0 Å². The molecule has 0 aromatic heterocycles. The summed E-state index contributed by atoms with van der Waals surface area (Å²) in [4.78, 5) is 25.4. The van der Waals surface area contributed by atoms with Crippen LogP contribution in [0.1, 0.15) is 44.9 Å². The highest BCUT2D eigenvalue weighted by atomic mass is 16.2. The molecule has 2 rings (SSSR count). The Morgan fingerprint density at radius 2 is 1.95 bits per heavy atom. The maximum absolute atomic E-state index is 12.3. The van der Waals surface area contributed by atoms with Crippen molar-refractivity contribution in [1.82, 2.24) is 15.5 Å². The van der Waals surface area contributed by atoms with Crippen LogP contribution in [0.4, 0.5) is 0 Å². The standard InChI is InChI=1S/C15H28N4O2/c16-14(20)5-1-2-8-18-15(21)13-4-3-11-19(13)12-6-9-17-10-7-12/h12-13,17H,1-11H2,(H2,16,20)(H,18,21). The molecule has 0 saturated carbocycles. The van der Waals surface area contributed by atoms with Gasteiger partial charge in [0.1, 0.15) is 0 Å². The predicted octanol–water partition coefficient (Wildman–Crippen LogP) is -0.0254. The predicted molar refractivity (Wildman–Crippen MR) is 81.7 cm³/mol. The summed E-state index contributed by atoms with van der Waals surface area (Å²) >= 11 is 0. The van der Waals surface area contributed by atoms with E-state index >= 15 is 0 Å². The van der Waals surface area contributed by atoms with Gasteiger partial charge in [0, 0.05) is 19.0 Å². The van der Waals surface area contributed by atoms with Crippen molar-refractivity contribution < 1.29 is 9.59 Å². The molecule has 1 unspecified atom stereocenters. The second-order valence-corrected chi connectivity index (χ2v) is 6.09. The van der Waals surface area contributed by atoms with Crippen molar-refractivity contribution in [1.29, 1.82) is 0 Å². The molecule has 6 heteroatoms. The topological polar surface area (TPSA) is 87.5 Å². The van der Waals surface area contributed by atoms with Crippen LogP contribution < -0.4 is 16.4 Å². The van der Waals surface area contributed by atoms with Gasteiger partial charge in [-0.25, -0.2) is 0 Å². The van der Waals surface area contributed by atoms with Crippen LogP contribution in [-0.4, -0.2) is 55.0 Å². The third-order valence-corrected chi connectivity index (χ3v) is 4.52. The normalized spacial score (nSPS) is 24.1. The van der Waals surface area contributed by atoms with E-state index < -0.39 is 0 Å². The lowest BCUT2D eigenvalue weighted by atomic mass is 10.0. The maximum Gasteiger partial charge on any atom is 0.237 e. The van der Waals surface area contributed by atoms with E-state index in [4.69, 9.17) is 5.73 Å². The number of nitrogens with two attached hydrogens (primary N) is 1. The Kier molecular flexibility index (Phi) is 6.45. The van der Waals surface area contributed by atoms with Crippen molar-refractivity contribution in [3.05, 3.63) is 0 Å². The van der Waals surface area contributed by atoms with Crippen LogP contribution >= 0.6 is 0 Å². The smallest absolute Gasteiger partial charge is 0.237 e. The van der Waals surface area contributed by atoms with Gasteiger partial charge < -0.3 is 16.4 Å². The van der Waals surface area contributed by atoms with E-state index in [9.17, 15) is 9.59 Å². The average molecular weight is 296 g/mol. The molecule has 2 aliphatic rings. The zero-order valence-electron chi connectivity index (χ0n) is 12.8. The second kappa shape index (κ2) is 8.34. The Labute approximate surface area is 126 Å². The molecule has 6 nitrogen and oxygen atoms in total. The molecule has 0 aromatic rings. The van der Waals surface area contributed by atoms with Gasteiger partial charge in [0.2, 0.25) is 11.8 Å². The molecule has 0 bridgehead atoms. The quantitative estimate of drug-likeness (QED) is 0.576. The Morgan fingerprint density at radius 3 is 2.67 bits per heavy atom. The first-order chi connectivity index (χ1) is 10.2. The number of carbonyl (C=O) groups is 2. The van der Waals surface area contributed by atoms with E-state index in [2.05, 4.69) is 15.5 Å². The van der Waals surface area contributed by atoms with Gasteiger partial charge in [-0.2, -0.15) is 0 Å². The first-order valence-electron chi connectivity index (χ1n) is 8.21. The van der Waals surface area contributed by atoms with Gasteiger partial charge >= 0.3 is 0 Å². The van der Waals surface area contributed by atoms with E-state index in [0.717, 1.165) is 58.2 Å². The number of unbranched alkanes of at least 4 members (excludes halogenated alkanes) is 1. The lowest BCUT2D eigenvalue weighted by molar-refractivity contribution is -0.126. The van der Waals surface area contributed by atoms with Gasteiger partial charge in [-0.05, 0) is 58.2 Å². The molecule has 2 aliphatic heterocycles. The minimum atomic E-state index is -0.269. The molecular formula is C15H28N4O2.